The average Bonchev–Trinajstić information content (AvgIpc) is 2.70. The Bertz CT molecular complexity index is 760. The Hall–Kier alpha value is -2.70. The zero-order valence-corrected chi connectivity index (χ0v) is 15.6. The van der Waals surface area contributed by atoms with Crippen LogP contribution in [0.1, 0.15) is 28.8 Å². The van der Waals surface area contributed by atoms with E-state index < -0.39 is 0 Å². The minimum Gasteiger partial charge on any atom is -0.396 e. The van der Waals surface area contributed by atoms with Gasteiger partial charge in [0, 0.05) is 32.3 Å². The standard InChI is InChI=1S/C21H27N3O3/c1-24(20(26)14-22)15-16-5-4-6-19(13-16)17-7-9-18(10-8-17)21(27)23-11-2-3-12-25/h4-10,13,25H,2-3,11-12,14-15,22H2,1H3,(H,23,27). The van der Waals surface area contributed by atoms with Gasteiger partial charge in [-0.05, 0) is 47.7 Å². The van der Waals surface area contributed by atoms with Crippen molar-refractivity contribution in [2.75, 3.05) is 26.7 Å². The van der Waals surface area contributed by atoms with Gasteiger partial charge in [-0.2, -0.15) is 0 Å². The largest absolute Gasteiger partial charge is 0.396 e. The lowest BCUT2D eigenvalue weighted by molar-refractivity contribution is -0.128. The highest BCUT2D eigenvalue weighted by atomic mass is 16.3. The van der Waals surface area contributed by atoms with Crippen LogP contribution < -0.4 is 11.1 Å². The number of benzene rings is 2. The third-order valence-electron chi connectivity index (χ3n) is 4.30. The summed E-state index contributed by atoms with van der Waals surface area (Å²) in [5.41, 5.74) is 9.04. The molecule has 2 amide bonds. The molecule has 0 atom stereocenters. The molecule has 4 N–H and O–H groups in total. The Balaban J connectivity index is 2.03. The van der Waals surface area contributed by atoms with Crippen molar-refractivity contribution in [3.63, 3.8) is 0 Å². The molecule has 0 aliphatic heterocycles. The van der Waals surface area contributed by atoms with Gasteiger partial charge in [-0.1, -0.05) is 30.3 Å². The molecule has 0 bridgehead atoms. The Morgan fingerprint density at radius 1 is 1.07 bits per heavy atom. The second-order valence-electron chi connectivity index (χ2n) is 6.42. The highest BCUT2D eigenvalue weighted by Crippen LogP contribution is 2.21. The summed E-state index contributed by atoms with van der Waals surface area (Å²) < 4.78 is 0. The molecule has 0 aliphatic carbocycles. The normalized spacial score (nSPS) is 10.5. The van der Waals surface area contributed by atoms with E-state index in [1.807, 2.05) is 36.4 Å². The number of hydrogen-bond donors (Lipinski definition) is 3. The van der Waals surface area contributed by atoms with Gasteiger partial charge in [0.05, 0.1) is 6.54 Å². The highest BCUT2D eigenvalue weighted by Gasteiger charge is 2.09. The van der Waals surface area contributed by atoms with Crippen LogP contribution in [0.4, 0.5) is 0 Å². The summed E-state index contributed by atoms with van der Waals surface area (Å²) in [7, 11) is 1.73. The lowest BCUT2D eigenvalue weighted by Crippen LogP contribution is -2.32. The molecule has 0 aromatic heterocycles. The van der Waals surface area contributed by atoms with Crippen LogP contribution in [-0.4, -0.2) is 48.6 Å². The van der Waals surface area contributed by atoms with Gasteiger partial charge in [0.25, 0.3) is 5.91 Å². The maximum atomic E-state index is 12.1. The molecule has 27 heavy (non-hydrogen) atoms. The molecule has 0 spiro atoms. The molecule has 0 saturated carbocycles. The number of aliphatic hydroxyl groups is 1. The van der Waals surface area contributed by atoms with Crippen LogP contribution in [0.3, 0.4) is 0 Å². The lowest BCUT2D eigenvalue weighted by Gasteiger charge is -2.16. The van der Waals surface area contributed by atoms with E-state index in [1.165, 1.54) is 0 Å². The molecule has 0 fully saturated rings. The summed E-state index contributed by atoms with van der Waals surface area (Å²) >= 11 is 0. The van der Waals surface area contributed by atoms with Crippen molar-refractivity contribution < 1.29 is 14.7 Å². The van der Waals surface area contributed by atoms with Crippen molar-refractivity contribution in [3.05, 3.63) is 59.7 Å². The second-order valence-corrected chi connectivity index (χ2v) is 6.42. The van der Waals surface area contributed by atoms with Crippen LogP contribution in [0, 0.1) is 0 Å². The molecule has 144 valence electrons. The van der Waals surface area contributed by atoms with E-state index in [-0.39, 0.29) is 25.0 Å². The number of rotatable bonds is 9. The fraction of sp³-hybridized carbons (Fsp3) is 0.333. The molecule has 2 aromatic carbocycles. The first-order chi connectivity index (χ1) is 13.0. The maximum absolute atomic E-state index is 12.1. The first kappa shape index (κ1) is 20.6. The molecule has 6 nitrogen and oxygen atoms in total. The fourth-order valence-electron chi connectivity index (χ4n) is 2.72. The molecule has 0 unspecified atom stereocenters. The SMILES string of the molecule is CN(Cc1cccc(-c2ccc(C(=O)NCCCCO)cc2)c1)C(=O)CN. The number of nitrogens with two attached hydrogens (primary N) is 1. The van der Waals surface area contributed by atoms with Crippen LogP contribution in [-0.2, 0) is 11.3 Å². The lowest BCUT2D eigenvalue weighted by atomic mass is 10.0. The van der Waals surface area contributed by atoms with Crippen molar-refractivity contribution in [2.45, 2.75) is 19.4 Å². The number of aliphatic hydroxyl groups excluding tert-OH is 1. The zero-order chi connectivity index (χ0) is 19.6. The number of likely N-dealkylation sites (N-methyl/N-ethyl adjacent to an activating group) is 1. The van der Waals surface area contributed by atoms with Crippen molar-refractivity contribution in [1.29, 1.82) is 0 Å². The van der Waals surface area contributed by atoms with Crippen LogP contribution in [0.25, 0.3) is 11.1 Å². The zero-order valence-electron chi connectivity index (χ0n) is 15.6. The van der Waals surface area contributed by atoms with Crippen LogP contribution in [0.5, 0.6) is 0 Å². The average molecular weight is 369 g/mol. The fourth-order valence-corrected chi connectivity index (χ4v) is 2.72. The summed E-state index contributed by atoms with van der Waals surface area (Å²) in [5, 5.41) is 11.6. The third kappa shape index (κ3) is 6.20. The summed E-state index contributed by atoms with van der Waals surface area (Å²) in [6, 6.07) is 15.4. The number of nitrogens with one attached hydrogen (secondary N) is 1. The Labute approximate surface area is 160 Å². The van der Waals surface area contributed by atoms with Gasteiger partial charge in [0.2, 0.25) is 5.91 Å². The van der Waals surface area contributed by atoms with Crippen LogP contribution in [0.15, 0.2) is 48.5 Å². The summed E-state index contributed by atoms with van der Waals surface area (Å²) in [4.78, 5) is 25.3. The van der Waals surface area contributed by atoms with Gasteiger partial charge >= 0.3 is 0 Å². The predicted octanol–water partition coefficient (Wildman–Crippen LogP) is 1.77. The number of carbonyl (C=O) groups is 2. The van der Waals surface area contributed by atoms with Crippen molar-refractivity contribution in [2.24, 2.45) is 5.73 Å². The summed E-state index contributed by atoms with van der Waals surface area (Å²) in [5.74, 6) is -0.218. The Morgan fingerprint density at radius 2 is 1.81 bits per heavy atom. The van der Waals surface area contributed by atoms with Crippen molar-refractivity contribution in [1.82, 2.24) is 10.2 Å². The van der Waals surface area contributed by atoms with E-state index in [1.54, 1.807) is 24.1 Å². The van der Waals surface area contributed by atoms with E-state index >= 15 is 0 Å². The van der Waals surface area contributed by atoms with Gasteiger partial charge in [0.15, 0.2) is 0 Å². The van der Waals surface area contributed by atoms with E-state index in [0.29, 0.717) is 25.1 Å². The van der Waals surface area contributed by atoms with Crippen molar-refractivity contribution >= 4 is 11.8 Å². The quantitative estimate of drug-likeness (QED) is 0.587. The van der Waals surface area contributed by atoms with Gasteiger partial charge < -0.3 is 21.1 Å². The van der Waals surface area contributed by atoms with E-state index in [4.69, 9.17) is 10.8 Å². The van der Waals surface area contributed by atoms with E-state index in [2.05, 4.69) is 5.32 Å². The van der Waals surface area contributed by atoms with Gasteiger partial charge in [0.1, 0.15) is 0 Å². The first-order valence-corrected chi connectivity index (χ1v) is 9.07. The third-order valence-corrected chi connectivity index (χ3v) is 4.30. The minimum atomic E-state index is -0.116. The van der Waals surface area contributed by atoms with Crippen LogP contribution >= 0.6 is 0 Å². The highest BCUT2D eigenvalue weighted by molar-refractivity contribution is 5.94. The van der Waals surface area contributed by atoms with Gasteiger partial charge in [-0.15, -0.1) is 0 Å². The summed E-state index contributed by atoms with van der Waals surface area (Å²) in [6.45, 7) is 1.19. The number of unbranched alkanes of at least 4 members (excludes halogenated alkanes) is 1. The second kappa shape index (κ2) is 10.4. The predicted molar refractivity (Wildman–Crippen MR) is 106 cm³/mol. The molecule has 0 heterocycles. The van der Waals surface area contributed by atoms with Gasteiger partial charge in [-0.25, -0.2) is 0 Å². The van der Waals surface area contributed by atoms with Gasteiger partial charge in [-0.3, -0.25) is 9.59 Å². The maximum Gasteiger partial charge on any atom is 0.251 e. The number of hydrogen-bond acceptors (Lipinski definition) is 4. The Kier molecular flexibility index (Phi) is 7.98. The molecular formula is C21H27N3O3. The van der Waals surface area contributed by atoms with E-state index in [0.717, 1.165) is 23.1 Å². The number of amides is 2. The number of nitrogens with zero attached hydrogens (tertiary/aromatic N) is 1. The first-order valence-electron chi connectivity index (χ1n) is 9.07. The molecule has 6 heteroatoms. The molecule has 2 aromatic rings. The number of carbonyl (C=O) groups excluding carboxylic acids is 2. The molecule has 0 aliphatic rings. The van der Waals surface area contributed by atoms with Crippen molar-refractivity contribution in [3.8, 4) is 11.1 Å². The monoisotopic (exact) mass is 369 g/mol. The molecule has 0 radical (unpaired) electrons. The van der Waals surface area contributed by atoms with E-state index in [9.17, 15) is 9.59 Å². The van der Waals surface area contributed by atoms with Crippen LogP contribution in [0.2, 0.25) is 0 Å². The Morgan fingerprint density at radius 3 is 2.48 bits per heavy atom. The molecule has 0 saturated heterocycles. The molecule has 2 rings (SSSR count). The summed E-state index contributed by atoms with van der Waals surface area (Å²) in [6.07, 6.45) is 1.44. The molecular weight excluding hydrogens is 342 g/mol. The minimum absolute atomic E-state index is 0.000281. The topological polar surface area (TPSA) is 95.7 Å². The smallest absolute Gasteiger partial charge is 0.251 e.